The first-order valence-corrected chi connectivity index (χ1v) is 31.1. The van der Waals surface area contributed by atoms with Gasteiger partial charge in [-0.15, -0.1) is 0 Å². The van der Waals surface area contributed by atoms with Crippen LogP contribution in [0.25, 0.3) is 0 Å². The SMILES string of the molecule is CC/C=C\C/C=C\C/C=C\C/C=C\C/C=C\CCCCCCCCCCCCCC(=O)OCC(COC(=O)CCCCCCC/C=C\CCCC)OC(=O)CCCCCCCCC/C=C\CCCCCCCC. The normalized spacial score (nSPS) is 12.6. The first-order valence-electron chi connectivity index (χ1n) is 31.1. The lowest BCUT2D eigenvalue weighted by Crippen LogP contribution is -2.30. The molecule has 0 radical (unpaired) electrons. The van der Waals surface area contributed by atoms with Gasteiger partial charge in [-0.1, -0.05) is 260 Å². The molecule has 0 aliphatic carbocycles. The first-order chi connectivity index (χ1) is 36.0. The van der Waals surface area contributed by atoms with Crippen molar-refractivity contribution >= 4 is 17.9 Å². The van der Waals surface area contributed by atoms with Gasteiger partial charge < -0.3 is 14.2 Å². The summed E-state index contributed by atoms with van der Waals surface area (Å²) in [4.78, 5) is 38.2. The molecule has 0 amide bonds. The molecular formula is C67H116O6. The van der Waals surface area contributed by atoms with E-state index in [1.165, 1.54) is 167 Å². The van der Waals surface area contributed by atoms with Crippen molar-refractivity contribution in [1.29, 1.82) is 0 Å². The second kappa shape index (κ2) is 61.1. The maximum Gasteiger partial charge on any atom is 0.306 e. The molecule has 6 nitrogen and oxygen atoms in total. The van der Waals surface area contributed by atoms with Crippen LogP contribution >= 0.6 is 0 Å². The fourth-order valence-corrected chi connectivity index (χ4v) is 8.68. The van der Waals surface area contributed by atoms with Crippen LogP contribution in [-0.2, 0) is 28.6 Å². The van der Waals surface area contributed by atoms with Crippen LogP contribution in [0.1, 0.15) is 303 Å². The topological polar surface area (TPSA) is 78.9 Å². The predicted octanol–water partition coefficient (Wildman–Crippen LogP) is 21.1. The van der Waals surface area contributed by atoms with Crippen LogP contribution in [0.5, 0.6) is 0 Å². The molecule has 0 fully saturated rings. The van der Waals surface area contributed by atoms with Gasteiger partial charge in [0, 0.05) is 19.3 Å². The molecule has 0 aliphatic heterocycles. The lowest BCUT2D eigenvalue weighted by Gasteiger charge is -2.18. The van der Waals surface area contributed by atoms with Gasteiger partial charge in [0.05, 0.1) is 0 Å². The minimum Gasteiger partial charge on any atom is -0.462 e. The highest BCUT2D eigenvalue weighted by molar-refractivity contribution is 5.71. The summed E-state index contributed by atoms with van der Waals surface area (Å²) in [6.07, 6.45) is 80.2. The number of rotatable bonds is 56. The quantitative estimate of drug-likeness (QED) is 0.0261. The summed E-state index contributed by atoms with van der Waals surface area (Å²) in [5.74, 6) is -0.889. The van der Waals surface area contributed by atoms with E-state index in [9.17, 15) is 14.4 Å². The highest BCUT2D eigenvalue weighted by Gasteiger charge is 2.19. The van der Waals surface area contributed by atoms with E-state index in [1.54, 1.807) is 0 Å². The molecule has 420 valence electrons. The van der Waals surface area contributed by atoms with Crippen molar-refractivity contribution in [3.63, 3.8) is 0 Å². The maximum atomic E-state index is 12.9. The summed E-state index contributed by atoms with van der Waals surface area (Å²) in [6.45, 7) is 6.49. The minimum absolute atomic E-state index is 0.0810. The summed E-state index contributed by atoms with van der Waals surface area (Å²) in [7, 11) is 0. The Bertz CT molecular complexity index is 1400. The number of carbonyl (C=O) groups is 3. The molecule has 0 aromatic rings. The van der Waals surface area contributed by atoms with Crippen molar-refractivity contribution in [2.75, 3.05) is 13.2 Å². The first kappa shape index (κ1) is 69.6. The Morgan fingerprint density at radius 3 is 0.890 bits per heavy atom. The van der Waals surface area contributed by atoms with Gasteiger partial charge in [-0.2, -0.15) is 0 Å². The minimum atomic E-state index is -0.783. The molecule has 0 aromatic heterocycles. The maximum absolute atomic E-state index is 12.9. The van der Waals surface area contributed by atoms with Crippen LogP contribution in [-0.4, -0.2) is 37.2 Å². The second-order valence-corrected chi connectivity index (χ2v) is 20.6. The van der Waals surface area contributed by atoms with Crippen LogP contribution in [0.15, 0.2) is 85.1 Å². The van der Waals surface area contributed by atoms with Crippen molar-refractivity contribution in [3.05, 3.63) is 85.1 Å². The fourth-order valence-electron chi connectivity index (χ4n) is 8.68. The van der Waals surface area contributed by atoms with E-state index >= 15 is 0 Å². The molecule has 0 aromatic carbocycles. The summed E-state index contributed by atoms with van der Waals surface area (Å²) in [5, 5.41) is 0. The summed E-state index contributed by atoms with van der Waals surface area (Å²) >= 11 is 0. The largest absolute Gasteiger partial charge is 0.462 e. The van der Waals surface area contributed by atoms with Crippen LogP contribution < -0.4 is 0 Å². The van der Waals surface area contributed by atoms with Gasteiger partial charge in [0.1, 0.15) is 13.2 Å². The second-order valence-electron chi connectivity index (χ2n) is 20.6. The lowest BCUT2D eigenvalue weighted by molar-refractivity contribution is -0.167. The highest BCUT2D eigenvalue weighted by Crippen LogP contribution is 2.16. The number of hydrogen-bond donors (Lipinski definition) is 0. The van der Waals surface area contributed by atoms with Gasteiger partial charge in [-0.05, 0) is 109 Å². The molecule has 73 heavy (non-hydrogen) atoms. The fraction of sp³-hybridized carbons (Fsp3) is 0.746. The summed E-state index contributed by atoms with van der Waals surface area (Å²) in [5.41, 5.74) is 0. The summed E-state index contributed by atoms with van der Waals surface area (Å²) in [6, 6.07) is 0. The zero-order valence-electron chi connectivity index (χ0n) is 48.1. The average Bonchev–Trinajstić information content (AvgIpc) is 3.39. The standard InChI is InChI=1S/C67H116O6/c1-4-7-10-13-16-19-22-24-26-28-29-30-31-32-33-34-35-36-37-39-40-42-45-48-51-54-57-60-66(69)72-63-64(62-71-65(68)59-56-53-50-47-44-21-18-15-12-9-6-3)73-67(70)61-58-55-52-49-46-43-41-38-27-25-23-20-17-14-11-8-5-2/h7,10,15-16,18-19,24-27,29-30,32-33,64H,4-6,8-9,11-14,17,20-23,28,31,34-63H2,1-3H3/b10-7-,18-15-,19-16-,26-24-,27-25-,30-29-,33-32-. The van der Waals surface area contributed by atoms with Gasteiger partial charge in [0.2, 0.25) is 0 Å². The molecule has 0 bridgehead atoms. The van der Waals surface area contributed by atoms with E-state index in [1.807, 2.05) is 0 Å². The smallest absolute Gasteiger partial charge is 0.306 e. The average molecular weight is 1020 g/mol. The monoisotopic (exact) mass is 1020 g/mol. The molecule has 1 atom stereocenters. The number of allylic oxidation sites excluding steroid dienone is 14. The number of unbranched alkanes of at least 4 members (excludes halogenated alkanes) is 31. The Kier molecular flexibility index (Phi) is 58.3. The van der Waals surface area contributed by atoms with Crippen LogP contribution in [0.3, 0.4) is 0 Å². The van der Waals surface area contributed by atoms with Crippen LogP contribution in [0.4, 0.5) is 0 Å². The molecule has 1 unspecified atom stereocenters. The van der Waals surface area contributed by atoms with Crippen molar-refractivity contribution in [2.45, 2.75) is 309 Å². The Balaban J connectivity index is 4.26. The van der Waals surface area contributed by atoms with Crippen LogP contribution in [0, 0.1) is 0 Å². The molecule has 6 heteroatoms. The zero-order valence-corrected chi connectivity index (χ0v) is 48.1. The van der Waals surface area contributed by atoms with Crippen molar-refractivity contribution in [1.82, 2.24) is 0 Å². The Hall–Kier alpha value is -3.41. The van der Waals surface area contributed by atoms with E-state index < -0.39 is 6.10 Å². The molecule has 0 heterocycles. The van der Waals surface area contributed by atoms with Gasteiger partial charge in [-0.25, -0.2) is 0 Å². The van der Waals surface area contributed by atoms with E-state index in [0.717, 1.165) is 96.3 Å². The van der Waals surface area contributed by atoms with Crippen LogP contribution in [0.2, 0.25) is 0 Å². The van der Waals surface area contributed by atoms with Gasteiger partial charge in [-0.3, -0.25) is 14.4 Å². The van der Waals surface area contributed by atoms with E-state index in [2.05, 4.69) is 106 Å². The number of ether oxygens (including phenoxy) is 3. The Morgan fingerprint density at radius 1 is 0.288 bits per heavy atom. The number of esters is 3. The predicted molar refractivity (Wildman–Crippen MR) is 316 cm³/mol. The van der Waals surface area contributed by atoms with E-state index in [-0.39, 0.29) is 31.1 Å². The molecule has 0 N–H and O–H groups in total. The Labute approximate surface area is 452 Å². The third-order valence-corrected chi connectivity index (χ3v) is 13.4. The summed E-state index contributed by atoms with van der Waals surface area (Å²) < 4.78 is 16.9. The Morgan fingerprint density at radius 2 is 0.548 bits per heavy atom. The van der Waals surface area contributed by atoms with E-state index in [0.29, 0.717) is 19.3 Å². The van der Waals surface area contributed by atoms with Crippen molar-refractivity contribution in [2.24, 2.45) is 0 Å². The number of carbonyl (C=O) groups excluding carboxylic acids is 3. The highest BCUT2D eigenvalue weighted by atomic mass is 16.6. The molecule has 0 aliphatic rings. The third kappa shape index (κ3) is 59.3. The molecular weight excluding hydrogens is 901 g/mol. The van der Waals surface area contributed by atoms with Gasteiger partial charge in [0.15, 0.2) is 6.10 Å². The molecule has 0 rings (SSSR count). The van der Waals surface area contributed by atoms with Crippen molar-refractivity contribution in [3.8, 4) is 0 Å². The van der Waals surface area contributed by atoms with Gasteiger partial charge >= 0.3 is 17.9 Å². The van der Waals surface area contributed by atoms with E-state index in [4.69, 9.17) is 14.2 Å². The third-order valence-electron chi connectivity index (χ3n) is 13.4. The molecule has 0 spiro atoms. The van der Waals surface area contributed by atoms with Gasteiger partial charge in [0.25, 0.3) is 0 Å². The van der Waals surface area contributed by atoms with Crippen molar-refractivity contribution < 1.29 is 28.6 Å². The molecule has 0 saturated heterocycles. The zero-order chi connectivity index (χ0) is 52.9. The number of hydrogen-bond acceptors (Lipinski definition) is 6. The lowest BCUT2D eigenvalue weighted by atomic mass is 10.0. The molecule has 0 saturated carbocycles.